The first-order chi connectivity index (χ1) is 11.1. The second kappa shape index (κ2) is 7.57. The van der Waals surface area contributed by atoms with E-state index in [1.54, 1.807) is 6.07 Å². The Morgan fingerprint density at radius 1 is 1.30 bits per heavy atom. The van der Waals surface area contributed by atoms with E-state index in [-0.39, 0.29) is 12.0 Å². The number of carbonyl (C=O) groups excluding carboxylic acids is 1. The molecule has 0 unspecified atom stereocenters. The van der Waals surface area contributed by atoms with Crippen molar-refractivity contribution in [2.24, 2.45) is 0 Å². The zero-order chi connectivity index (χ0) is 16.2. The van der Waals surface area contributed by atoms with Crippen LogP contribution >= 0.6 is 34.7 Å². The molecule has 2 heterocycles. The number of hydrogen-bond donors (Lipinski definition) is 0. The Labute approximate surface area is 148 Å². The Kier molecular flexibility index (Phi) is 5.48. The quantitative estimate of drug-likeness (QED) is 0.822. The predicted octanol–water partition coefficient (Wildman–Crippen LogP) is 3.67. The highest BCUT2D eigenvalue weighted by molar-refractivity contribution is 7.07. The van der Waals surface area contributed by atoms with Crippen molar-refractivity contribution in [2.45, 2.75) is 25.6 Å². The molecule has 0 saturated carbocycles. The third-order valence-electron chi connectivity index (χ3n) is 3.77. The number of halogens is 2. The minimum absolute atomic E-state index is 0.00272. The molecule has 0 atom stereocenters. The second-order valence-electron chi connectivity index (χ2n) is 5.33. The smallest absolute Gasteiger partial charge is 0.267 e. The number of ether oxygens (including phenoxy) is 1. The molecule has 0 aliphatic carbocycles. The molecular formula is C15H15Cl2N3O2S. The van der Waals surface area contributed by atoms with Crippen LogP contribution in [0.25, 0.3) is 0 Å². The fourth-order valence-corrected chi connectivity index (χ4v) is 3.29. The van der Waals surface area contributed by atoms with Gasteiger partial charge in [0.05, 0.1) is 29.0 Å². The lowest BCUT2D eigenvalue weighted by Gasteiger charge is -2.31. The highest BCUT2D eigenvalue weighted by atomic mass is 35.5. The third kappa shape index (κ3) is 4.20. The topological polar surface area (TPSA) is 55.3 Å². The van der Waals surface area contributed by atoms with Crippen LogP contribution in [0.2, 0.25) is 10.0 Å². The zero-order valence-corrected chi connectivity index (χ0v) is 14.6. The molecule has 122 valence electrons. The van der Waals surface area contributed by atoms with Crippen LogP contribution in [-0.4, -0.2) is 39.6 Å². The van der Waals surface area contributed by atoms with E-state index in [1.165, 1.54) is 6.20 Å². The van der Waals surface area contributed by atoms with Crippen LogP contribution in [0.15, 0.2) is 24.4 Å². The van der Waals surface area contributed by atoms with Gasteiger partial charge in [-0.3, -0.25) is 4.79 Å². The van der Waals surface area contributed by atoms with Gasteiger partial charge in [-0.25, -0.2) is 0 Å². The van der Waals surface area contributed by atoms with Crippen molar-refractivity contribution in [2.75, 3.05) is 13.1 Å². The van der Waals surface area contributed by atoms with Crippen LogP contribution in [0, 0.1) is 0 Å². The van der Waals surface area contributed by atoms with E-state index in [2.05, 4.69) is 9.59 Å². The number of amides is 1. The molecule has 1 aliphatic rings. The molecule has 1 fully saturated rings. The summed E-state index contributed by atoms with van der Waals surface area (Å²) in [5.41, 5.74) is 0.994. The molecule has 3 rings (SSSR count). The first kappa shape index (κ1) is 16.6. The van der Waals surface area contributed by atoms with Crippen molar-refractivity contribution in [1.29, 1.82) is 0 Å². The monoisotopic (exact) mass is 371 g/mol. The van der Waals surface area contributed by atoms with Gasteiger partial charge in [-0.1, -0.05) is 33.8 Å². The van der Waals surface area contributed by atoms with Gasteiger partial charge in [0.15, 0.2) is 0 Å². The summed E-state index contributed by atoms with van der Waals surface area (Å²) in [6, 6.07) is 5.50. The van der Waals surface area contributed by atoms with Crippen LogP contribution in [0.1, 0.15) is 28.1 Å². The predicted molar refractivity (Wildman–Crippen MR) is 90.1 cm³/mol. The second-order valence-corrected chi connectivity index (χ2v) is 6.93. The van der Waals surface area contributed by atoms with Crippen molar-refractivity contribution >= 4 is 40.6 Å². The number of aromatic nitrogens is 2. The van der Waals surface area contributed by atoms with Crippen LogP contribution < -0.4 is 0 Å². The normalized spacial score (nSPS) is 15.8. The van der Waals surface area contributed by atoms with Crippen LogP contribution in [0.3, 0.4) is 0 Å². The van der Waals surface area contributed by atoms with Gasteiger partial charge in [0, 0.05) is 13.1 Å². The fourth-order valence-electron chi connectivity index (χ4n) is 2.49. The highest BCUT2D eigenvalue weighted by Gasteiger charge is 2.25. The van der Waals surface area contributed by atoms with Crippen molar-refractivity contribution in [1.82, 2.24) is 14.5 Å². The molecular weight excluding hydrogens is 357 g/mol. The summed E-state index contributed by atoms with van der Waals surface area (Å²) in [6.45, 7) is 1.86. The van der Waals surface area contributed by atoms with Crippen LogP contribution in [-0.2, 0) is 11.3 Å². The Morgan fingerprint density at radius 2 is 2.09 bits per heavy atom. The van der Waals surface area contributed by atoms with Gasteiger partial charge >= 0.3 is 0 Å². The number of benzene rings is 1. The van der Waals surface area contributed by atoms with E-state index in [1.807, 2.05) is 17.0 Å². The Hall–Kier alpha value is -1.21. The molecule has 1 aromatic heterocycles. The molecule has 1 aliphatic heterocycles. The number of likely N-dealkylation sites (tertiary alicyclic amines) is 1. The summed E-state index contributed by atoms with van der Waals surface area (Å²) in [6.07, 6.45) is 3.30. The summed E-state index contributed by atoms with van der Waals surface area (Å²) >= 11 is 13.0. The van der Waals surface area contributed by atoms with Crippen molar-refractivity contribution in [3.63, 3.8) is 0 Å². The van der Waals surface area contributed by atoms with Gasteiger partial charge < -0.3 is 9.64 Å². The van der Waals surface area contributed by atoms with E-state index in [9.17, 15) is 4.79 Å². The first-order valence-corrected chi connectivity index (χ1v) is 8.78. The number of rotatable bonds is 4. The summed E-state index contributed by atoms with van der Waals surface area (Å²) in [5, 5.41) is 4.78. The first-order valence-electron chi connectivity index (χ1n) is 7.25. The molecule has 0 spiro atoms. The Morgan fingerprint density at radius 3 is 2.74 bits per heavy atom. The molecule has 23 heavy (non-hydrogen) atoms. The molecule has 2 aromatic rings. The van der Waals surface area contributed by atoms with E-state index in [4.69, 9.17) is 27.9 Å². The fraction of sp³-hybridized carbons (Fsp3) is 0.400. The van der Waals surface area contributed by atoms with Gasteiger partial charge in [0.25, 0.3) is 5.91 Å². The molecule has 1 aromatic carbocycles. The zero-order valence-electron chi connectivity index (χ0n) is 12.2. The summed E-state index contributed by atoms with van der Waals surface area (Å²) in [5.74, 6) is 0.00272. The van der Waals surface area contributed by atoms with Gasteiger partial charge in [-0.15, -0.1) is 5.10 Å². The molecule has 0 N–H and O–H groups in total. The maximum Gasteiger partial charge on any atom is 0.267 e. The largest absolute Gasteiger partial charge is 0.373 e. The van der Waals surface area contributed by atoms with E-state index in [0.29, 0.717) is 34.6 Å². The average molecular weight is 372 g/mol. The maximum atomic E-state index is 12.2. The molecule has 1 amide bonds. The molecule has 5 nitrogen and oxygen atoms in total. The average Bonchev–Trinajstić information content (AvgIpc) is 3.10. The lowest BCUT2D eigenvalue weighted by atomic mass is 10.1. The van der Waals surface area contributed by atoms with Crippen molar-refractivity contribution in [3.05, 3.63) is 44.9 Å². The highest BCUT2D eigenvalue weighted by Crippen LogP contribution is 2.24. The Balaban J connectivity index is 1.47. The number of piperidine rings is 1. The van der Waals surface area contributed by atoms with E-state index < -0.39 is 0 Å². The Bertz CT molecular complexity index is 673. The van der Waals surface area contributed by atoms with Gasteiger partial charge in [-0.05, 0) is 42.1 Å². The van der Waals surface area contributed by atoms with E-state index >= 15 is 0 Å². The van der Waals surface area contributed by atoms with Crippen molar-refractivity contribution < 1.29 is 9.53 Å². The molecule has 1 saturated heterocycles. The van der Waals surface area contributed by atoms with Gasteiger partial charge in [0.1, 0.15) is 4.88 Å². The number of carbonyl (C=O) groups is 1. The SMILES string of the molecule is O=C(c1cnns1)N1CCC(OCc2ccc(Cl)c(Cl)c2)CC1. The standard InChI is InChI=1S/C15H15Cl2N3O2S/c16-12-2-1-10(7-13(12)17)9-22-11-3-5-20(6-4-11)15(21)14-8-18-19-23-14/h1-2,7-8,11H,3-6,9H2. The van der Waals surface area contributed by atoms with Crippen LogP contribution in [0.4, 0.5) is 0 Å². The summed E-state index contributed by atoms with van der Waals surface area (Å²) in [7, 11) is 0. The number of hydrogen-bond acceptors (Lipinski definition) is 5. The summed E-state index contributed by atoms with van der Waals surface area (Å²) < 4.78 is 9.65. The van der Waals surface area contributed by atoms with Gasteiger partial charge in [-0.2, -0.15) is 0 Å². The molecule has 8 heteroatoms. The van der Waals surface area contributed by atoms with Crippen molar-refractivity contribution in [3.8, 4) is 0 Å². The summed E-state index contributed by atoms with van der Waals surface area (Å²) in [4.78, 5) is 14.6. The lowest BCUT2D eigenvalue weighted by molar-refractivity contribution is -0.000272. The van der Waals surface area contributed by atoms with Crippen LogP contribution in [0.5, 0.6) is 0 Å². The van der Waals surface area contributed by atoms with E-state index in [0.717, 1.165) is 29.9 Å². The molecule has 0 bridgehead atoms. The molecule has 0 radical (unpaired) electrons. The number of nitrogens with zero attached hydrogens (tertiary/aromatic N) is 3. The minimum Gasteiger partial charge on any atom is -0.373 e. The maximum absolute atomic E-state index is 12.2. The lowest BCUT2D eigenvalue weighted by Crippen LogP contribution is -2.40. The minimum atomic E-state index is 0.00272. The van der Waals surface area contributed by atoms with Gasteiger partial charge in [0.2, 0.25) is 0 Å². The third-order valence-corrected chi connectivity index (χ3v) is 5.16.